The summed E-state index contributed by atoms with van der Waals surface area (Å²) in [5, 5.41) is 11.6. The third kappa shape index (κ3) is 6.20. The molecule has 0 bridgehead atoms. The minimum atomic E-state index is -4.56. The molecular weight excluding hydrogens is 477 g/mol. The van der Waals surface area contributed by atoms with Crippen LogP contribution in [-0.2, 0) is 17.5 Å². The average Bonchev–Trinajstić information content (AvgIpc) is 3.17. The molecule has 6 nitrogen and oxygen atoms in total. The van der Waals surface area contributed by atoms with E-state index < -0.39 is 23.8 Å². The first-order valence-electron chi connectivity index (χ1n) is 10.0. The maximum Gasteiger partial charge on any atom is 0.418 e. The zero-order valence-electron chi connectivity index (χ0n) is 18.1. The Morgan fingerprint density at radius 3 is 2.67 bits per heavy atom. The number of benzene rings is 2. The number of carbonyl (C=O) groups is 1. The number of para-hydroxylation sites is 1. The van der Waals surface area contributed by atoms with Crippen molar-refractivity contribution in [3.05, 3.63) is 64.4 Å². The molecule has 3 rings (SSSR count). The highest BCUT2D eigenvalue weighted by atomic mass is 35.5. The molecule has 0 spiro atoms. The molecule has 0 fully saturated rings. The second-order valence-corrected chi connectivity index (χ2v) is 8.51. The summed E-state index contributed by atoms with van der Waals surface area (Å²) in [5.41, 5.74) is -0.193. The SMILES string of the molecule is CCn1c(SCC(=O)Nc2ccccc2C(F)(F)F)nnc1C(C)Oc1cc(C)ccc1Cl. The van der Waals surface area contributed by atoms with Gasteiger partial charge >= 0.3 is 6.18 Å². The highest BCUT2D eigenvalue weighted by Gasteiger charge is 2.33. The fraction of sp³-hybridized carbons (Fsp3) is 0.318. The third-order valence-corrected chi connectivity index (χ3v) is 5.93. The van der Waals surface area contributed by atoms with Gasteiger partial charge in [-0.1, -0.05) is 41.6 Å². The third-order valence-electron chi connectivity index (χ3n) is 4.65. The summed E-state index contributed by atoms with van der Waals surface area (Å²) in [7, 11) is 0. The van der Waals surface area contributed by atoms with E-state index in [-0.39, 0.29) is 11.4 Å². The van der Waals surface area contributed by atoms with Crippen LogP contribution >= 0.6 is 23.4 Å². The van der Waals surface area contributed by atoms with Gasteiger partial charge in [-0.3, -0.25) is 4.79 Å². The first-order valence-corrected chi connectivity index (χ1v) is 11.4. The van der Waals surface area contributed by atoms with Gasteiger partial charge in [-0.15, -0.1) is 10.2 Å². The normalized spacial score (nSPS) is 12.5. The van der Waals surface area contributed by atoms with E-state index in [9.17, 15) is 18.0 Å². The van der Waals surface area contributed by atoms with Crippen LogP contribution in [-0.4, -0.2) is 26.4 Å². The van der Waals surface area contributed by atoms with Gasteiger partial charge in [-0.2, -0.15) is 13.2 Å². The van der Waals surface area contributed by atoms with E-state index in [4.69, 9.17) is 16.3 Å². The summed E-state index contributed by atoms with van der Waals surface area (Å²) < 4.78 is 47.1. The lowest BCUT2D eigenvalue weighted by molar-refractivity contribution is -0.137. The van der Waals surface area contributed by atoms with Crippen molar-refractivity contribution in [3.63, 3.8) is 0 Å². The minimum absolute atomic E-state index is 0.136. The molecule has 1 atom stereocenters. The highest BCUT2D eigenvalue weighted by Crippen LogP contribution is 2.35. The molecule has 1 N–H and O–H groups in total. The van der Waals surface area contributed by atoms with Crippen molar-refractivity contribution < 1.29 is 22.7 Å². The van der Waals surface area contributed by atoms with Gasteiger partial charge in [0.1, 0.15) is 5.75 Å². The maximum absolute atomic E-state index is 13.1. The van der Waals surface area contributed by atoms with E-state index >= 15 is 0 Å². The lowest BCUT2D eigenvalue weighted by Crippen LogP contribution is -2.18. The number of aryl methyl sites for hydroxylation is 1. The van der Waals surface area contributed by atoms with Crippen LogP contribution in [0.4, 0.5) is 18.9 Å². The van der Waals surface area contributed by atoms with E-state index in [1.54, 1.807) is 10.6 Å². The quantitative estimate of drug-likeness (QED) is 0.377. The van der Waals surface area contributed by atoms with Crippen LogP contribution in [0.5, 0.6) is 5.75 Å². The monoisotopic (exact) mass is 498 g/mol. The number of nitrogens with one attached hydrogen (secondary N) is 1. The molecule has 0 saturated heterocycles. The van der Waals surface area contributed by atoms with Crippen LogP contribution < -0.4 is 10.1 Å². The molecule has 0 saturated carbocycles. The van der Waals surface area contributed by atoms with E-state index in [2.05, 4.69) is 15.5 Å². The van der Waals surface area contributed by atoms with Crippen molar-refractivity contribution >= 4 is 35.0 Å². The Balaban J connectivity index is 1.68. The molecule has 1 amide bonds. The van der Waals surface area contributed by atoms with Crippen LogP contribution in [0.15, 0.2) is 47.6 Å². The molecule has 0 aliphatic heterocycles. The Labute approximate surface area is 198 Å². The number of carbonyl (C=O) groups excluding carboxylic acids is 1. The van der Waals surface area contributed by atoms with Crippen molar-refractivity contribution in [1.82, 2.24) is 14.8 Å². The molecule has 0 aliphatic rings. The maximum atomic E-state index is 13.1. The van der Waals surface area contributed by atoms with Gasteiger partial charge in [-0.05, 0) is 50.6 Å². The van der Waals surface area contributed by atoms with Crippen LogP contribution in [0.25, 0.3) is 0 Å². The van der Waals surface area contributed by atoms with Gasteiger partial charge in [0, 0.05) is 6.54 Å². The van der Waals surface area contributed by atoms with Crippen molar-refractivity contribution in [1.29, 1.82) is 0 Å². The van der Waals surface area contributed by atoms with Crippen LogP contribution in [0.3, 0.4) is 0 Å². The Hall–Kier alpha value is -2.72. The zero-order valence-corrected chi connectivity index (χ0v) is 19.7. The summed E-state index contributed by atoms with van der Waals surface area (Å²) in [6.45, 7) is 6.14. The van der Waals surface area contributed by atoms with Gasteiger partial charge in [-0.25, -0.2) is 0 Å². The Kier molecular flexibility index (Phi) is 7.91. The predicted octanol–water partition coefficient (Wildman–Crippen LogP) is 6.15. The molecule has 1 aromatic heterocycles. The summed E-state index contributed by atoms with van der Waals surface area (Å²) in [6.07, 6.45) is -5.04. The van der Waals surface area contributed by atoms with Crippen molar-refractivity contribution in [3.8, 4) is 5.75 Å². The number of aromatic nitrogens is 3. The Bertz CT molecular complexity index is 1140. The van der Waals surface area contributed by atoms with E-state index in [0.717, 1.165) is 23.4 Å². The van der Waals surface area contributed by atoms with Gasteiger partial charge in [0.15, 0.2) is 17.1 Å². The second-order valence-electron chi connectivity index (χ2n) is 7.16. The van der Waals surface area contributed by atoms with Crippen LogP contribution in [0, 0.1) is 6.92 Å². The number of alkyl halides is 3. The smallest absolute Gasteiger partial charge is 0.418 e. The zero-order chi connectivity index (χ0) is 24.2. The molecule has 33 heavy (non-hydrogen) atoms. The first-order chi connectivity index (χ1) is 15.6. The second kappa shape index (κ2) is 10.5. The Morgan fingerprint density at radius 2 is 1.97 bits per heavy atom. The summed E-state index contributed by atoms with van der Waals surface area (Å²) in [5.74, 6) is 0.343. The van der Waals surface area contributed by atoms with Gasteiger partial charge in [0.25, 0.3) is 0 Å². The van der Waals surface area contributed by atoms with Crippen molar-refractivity contribution in [2.24, 2.45) is 0 Å². The number of nitrogens with zero attached hydrogens (tertiary/aromatic N) is 3. The molecule has 1 unspecified atom stereocenters. The number of hydrogen-bond acceptors (Lipinski definition) is 5. The van der Waals surface area contributed by atoms with Gasteiger partial charge in [0.05, 0.1) is 22.0 Å². The molecule has 11 heteroatoms. The van der Waals surface area contributed by atoms with Gasteiger partial charge < -0.3 is 14.6 Å². The largest absolute Gasteiger partial charge is 0.481 e. The van der Waals surface area contributed by atoms with Crippen molar-refractivity contribution in [2.75, 3.05) is 11.1 Å². The summed E-state index contributed by atoms with van der Waals surface area (Å²) >= 11 is 7.29. The Morgan fingerprint density at radius 1 is 1.24 bits per heavy atom. The molecule has 176 valence electrons. The first kappa shape index (κ1) is 24.9. The number of thioether (sulfide) groups is 1. The minimum Gasteiger partial charge on any atom is -0.481 e. The molecule has 0 aliphatic carbocycles. The number of rotatable bonds is 8. The van der Waals surface area contributed by atoms with E-state index in [0.29, 0.717) is 28.3 Å². The number of hydrogen-bond donors (Lipinski definition) is 1. The number of anilines is 1. The number of ether oxygens (including phenoxy) is 1. The van der Waals surface area contributed by atoms with Crippen LogP contribution in [0.2, 0.25) is 5.02 Å². The lowest BCUT2D eigenvalue weighted by atomic mass is 10.1. The average molecular weight is 499 g/mol. The standard InChI is InChI=1S/C22H22ClF3N4O2S/c1-4-30-20(14(3)32-18-11-13(2)9-10-16(18)23)28-29-21(30)33-12-19(31)27-17-8-6-5-7-15(17)22(24,25)26/h5-11,14H,4,12H2,1-3H3,(H,27,31). The molecule has 3 aromatic rings. The summed E-state index contributed by atoms with van der Waals surface area (Å²) in [6, 6.07) is 10.3. The predicted molar refractivity (Wildman–Crippen MR) is 122 cm³/mol. The van der Waals surface area contributed by atoms with Crippen molar-refractivity contribution in [2.45, 2.75) is 44.8 Å². The highest BCUT2D eigenvalue weighted by molar-refractivity contribution is 7.99. The molecule has 0 radical (unpaired) electrons. The number of amides is 1. The molecule has 1 heterocycles. The molecular formula is C22H22ClF3N4O2S. The van der Waals surface area contributed by atoms with E-state index in [1.165, 1.54) is 18.2 Å². The van der Waals surface area contributed by atoms with Crippen LogP contribution in [0.1, 0.15) is 36.9 Å². The summed E-state index contributed by atoms with van der Waals surface area (Å²) in [4.78, 5) is 12.3. The topological polar surface area (TPSA) is 69.0 Å². The molecule has 2 aromatic carbocycles. The fourth-order valence-electron chi connectivity index (χ4n) is 3.10. The fourth-order valence-corrected chi connectivity index (χ4v) is 4.08. The number of halogens is 4. The van der Waals surface area contributed by atoms with Gasteiger partial charge in [0.2, 0.25) is 5.91 Å². The van der Waals surface area contributed by atoms with E-state index in [1.807, 2.05) is 32.9 Å². The lowest BCUT2D eigenvalue weighted by Gasteiger charge is -2.17.